The molecule has 136 valence electrons. The molecule has 25 heavy (non-hydrogen) atoms. The molecule has 1 heterocycles. The number of para-hydroxylation sites is 1. The predicted molar refractivity (Wildman–Crippen MR) is 115 cm³/mol. The molecule has 1 aromatic heterocycles. The molecule has 0 atom stereocenters. The SMILES string of the molecule is CCCCCCCc1c(C)c(=O)c2ccccc2n1CNC(=S)SC. The van der Waals surface area contributed by atoms with E-state index in [-0.39, 0.29) is 5.43 Å². The van der Waals surface area contributed by atoms with Crippen LogP contribution in [0.25, 0.3) is 10.9 Å². The minimum absolute atomic E-state index is 0.155. The monoisotopic (exact) mass is 376 g/mol. The van der Waals surface area contributed by atoms with Gasteiger partial charge in [0.2, 0.25) is 0 Å². The van der Waals surface area contributed by atoms with Gasteiger partial charge in [-0.25, -0.2) is 0 Å². The van der Waals surface area contributed by atoms with E-state index in [1.807, 2.05) is 37.4 Å². The summed E-state index contributed by atoms with van der Waals surface area (Å²) < 4.78 is 3.00. The number of aromatic nitrogens is 1. The lowest BCUT2D eigenvalue weighted by Gasteiger charge is -2.20. The first-order valence-corrected chi connectivity index (χ1v) is 10.7. The summed E-state index contributed by atoms with van der Waals surface area (Å²) in [4.78, 5) is 12.8. The van der Waals surface area contributed by atoms with Crippen LogP contribution in [0.15, 0.2) is 29.1 Å². The minimum Gasteiger partial charge on any atom is -0.353 e. The van der Waals surface area contributed by atoms with Gasteiger partial charge in [-0.1, -0.05) is 57.0 Å². The number of hydrogen-bond acceptors (Lipinski definition) is 3. The fourth-order valence-electron chi connectivity index (χ4n) is 3.20. The van der Waals surface area contributed by atoms with E-state index < -0.39 is 0 Å². The van der Waals surface area contributed by atoms with E-state index in [1.165, 1.54) is 37.4 Å². The molecular weight excluding hydrogens is 348 g/mol. The van der Waals surface area contributed by atoms with Gasteiger partial charge in [-0.2, -0.15) is 0 Å². The number of benzene rings is 1. The Morgan fingerprint density at radius 2 is 1.92 bits per heavy atom. The molecule has 0 amide bonds. The third-order valence-corrected chi connectivity index (χ3v) is 5.78. The van der Waals surface area contributed by atoms with Crippen molar-refractivity contribution < 1.29 is 0 Å². The van der Waals surface area contributed by atoms with E-state index in [0.29, 0.717) is 6.67 Å². The van der Waals surface area contributed by atoms with Crippen LogP contribution >= 0.6 is 24.0 Å². The molecule has 0 aliphatic rings. The predicted octanol–water partition coefficient (Wildman–Crippen LogP) is 5.02. The highest BCUT2D eigenvalue weighted by molar-refractivity contribution is 8.22. The van der Waals surface area contributed by atoms with Gasteiger partial charge >= 0.3 is 0 Å². The fourth-order valence-corrected chi connectivity index (χ4v) is 3.47. The highest BCUT2D eigenvalue weighted by Gasteiger charge is 2.13. The zero-order chi connectivity index (χ0) is 18.2. The maximum atomic E-state index is 12.8. The molecule has 1 N–H and O–H groups in total. The summed E-state index contributed by atoms with van der Waals surface area (Å²) >= 11 is 6.83. The van der Waals surface area contributed by atoms with Crippen LogP contribution in [0.3, 0.4) is 0 Å². The summed E-state index contributed by atoms with van der Waals surface area (Å²) in [5.41, 5.74) is 3.14. The van der Waals surface area contributed by atoms with Crippen molar-refractivity contribution in [2.45, 2.75) is 59.0 Å². The second kappa shape index (κ2) is 9.97. The minimum atomic E-state index is 0.155. The van der Waals surface area contributed by atoms with Crippen molar-refractivity contribution in [3.63, 3.8) is 0 Å². The van der Waals surface area contributed by atoms with Gasteiger partial charge in [0.25, 0.3) is 0 Å². The van der Waals surface area contributed by atoms with Gasteiger partial charge in [-0.05, 0) is 38.2 Å². The van der Waals surface area contributed by atoms with Crippen LogP contribution in [-0.4, -0.2) is 15.1 Å². The third kappa shape index (κ3) is 5.08. The van der Waals surface area contributed by atoms with Crippen molar-refractivity contribution >= 4 is 39.2 Å². The van der Waals surface area contributed by atoms with E-state index in [4.69, 9.17) is 12.2 Å². The standard InChI is InChI=1S/C20H28N2OS2/c1-4-5-6-7-8-12-17-15(2)19(23)16-11-9-10-13-18(16)22(17)14-21-20(24)25-3/h9-11,13H,4-8,12,14H2,1-3H3,(H,21,24). The van der Waals surface area contributed by atoms with E-state index in [9.17, 15) is 4.79 Å². The van der Waals surface area contributed by atoms with Crippen LogP contribution in [-0.2, 0) is 13.1 Å². The molecular formula is C20H28N2OS2. The first-order chi connectivity index (χ1) is 12.1. The Bertz CT molecular complexity index is 783. The van der Waals surface area contributed by atoms with E-state index >= 15 is 0 Å². The molecule has 3 nitrogen and oxygen atoms in total. The summed E-state index contributed by atoms with van der Waals surface area (Å²) in [6, 6.07) is 7.86. The van der Waals surface area contributed by atoms with E-state index in [2.05, 4.69) is 16.8 Å². The summed E-state index contributed by atoms with van der Waals surface area (Å²) in [6.45, 7) is 4.79. The zero-order valence-corrected chi connectivity index (χ0v) is 17.1. The van der Waals surface area contributed by atoms with Crippen LogP contribution in [0.5, 0.6) is 0 Å². The van der Waals surface area contributed by atoms with Crippen LogP contribution in [0, 0.1) is 6.92 Å². The van der Waals surface area contributed by atoms with Gasteiger partial charge in [-0.3, -0.25) is 4.79 Å². The van der Waals surface area contributed by atoms with Crippen molar-refractivity contribution in [1.82, 2.24) is 9.88 Å². The number of nitrogens with one attached hydrogen (secondary N) is 1. The van der Waals surface area contributed by atoms with Crippen molar-refractivity contribution in [2.24, 2.45) is 0 Å². The average molecular weight is 377 g/mol. The largest absolute Gasteiger partial charge is 0.353 e. The molecule has 0 fully saturated rings. The summed E-state index contributed by atoms with van der Waals surface area (Å²) in [5.74, 6) is 0. The summed E-state index contributed by atoms with van der Waals surface area (Å²) in [6.07, 6.45) is 9.03. The van der Waals surface area contributed by atoms with Gasteiger partial charge in [0.05, 0.1) is 12.2 Å². The number of thiocarbonyl (C=S) groups is 1. The topological polar surface area (TPSA) is 34.0 Å². The molecule has 0 spiro atoms. The molecule has 0 unspecified atom stereocenters. The van der Waals surface area contributed by atoms with Gasteiger partial charge in [0, 0.05) is 16.6 Å². The Morgan fingerprint density at radius 1 is 1.20 bits per heavy atom. The molecule has 0 bridgehead atoms. The number of fused-ring (bicyclic) bond motifs is 1. The first-order valence-electron chi connectivity index (χ1n) is 9.03. The lowest BCUT2D eigenvalue weighted by Crippen LogP contribution is -2.27. The van der Waals surface area contributed by atoms with Gasteiger partial charge in [0.15, 0.2) is 5.43 Å². The van der Waals surface area contributed by atoms with E-state index in [1.54, 1.807) is 0 Å². The Hall–Kier alpha value is -1.33. The Labute approximate surface area is 160 Å². The Morgan fingerprint density at radius 3 is 2.64 bits per heavy atom. The van der Waals surface area contributed by atoms with Crippen molar-refractivity contribution in [2.75, 3.05) is 6.26 Å². The maximum Gasteiger partial charge on any atom is 0.192 e. The molecule has 1 aromatic carbocycles. The maximum absolute atomic E-state index is 12.8. The van der Waals surface area contributed by atoms with Crippen LogP contribution in [0.4, 0.5) is 0 Å². The van der Waals surface area contributed by atoms with Gasteiger partial charge < -0.3 is 9.88 Å². The quantitative estimate of drug-likeness (QED) is 0.518. The second-order valence-corrected chi connectivity index (χ2v) is 7.82. The molecule has 2 aromatic rings. The lowest BCUT2D eigenvalue weighted by molar-refractivity contribution is 0.595. The van der Waals surface area contributed by atoms with Crippen molar-refractivity contribution in [1.29, 1.82) is 0 Å². The van der Waals surface area contributed by atoms with Crippen LogP contribution < -0.4 is 10.7 Å². The highest BCUT2D eigenvalue weighted by Crippen LogP contribution is 2.18. The molecule has 5 heteroatoms. The first kappa shape index (κ1) is 20.0. The van der Waals surface area contributed by atoms with Crippen molar-refractivity contribution in [3.8, 4) is 0 Å². The number of unbranched alkanes of at least 4 members (excludes halogenated alkanes) is 4. The molecule has 0 aliphatic heterocycles. The number of nitrogens with zero attached hydrogens (tertiary/aromatic N) is 1. The van der Waals surface area contributed by atoms with E-state index in [0.717, 1.165) is 39.3 Å². The van der Waals surface area contributed by atoms with Crippen molar-refractivity contribution in [3.05, 3.63) is 45.7 Å². The van der Waals surface area contributed by atoms with Crippen LogP contribution in [0.2, 0.25) is 0 Å². The average Bonchev–Trinajstić information content (AvgIpc) is 2.64. The number of hydrogen-bond donors (Lipinski definition) is 1. The molecule has 0 radical (unpaired) electrons. The normalized spacial score (nSPS) is 11.0. The van der Waals surface area contributed by atoms with Gasteiger partial charge in [0.1, 0.15) is 4.32 Å². The highest BCUT2D eigenvalue weighted by atomic mass is 32.2. The molecule has 0 aliphatic carbocycles. The Balaban J connectivity index is 2.37. The molecule has 2 rings (SSSR count). The van der Waals surface area contributed by atoms with Crippen LogP contribution in [0.1, 0.15) is 50.3 Å². The number of pyridine rings is 1. The number of thioether (sulfide) groups is 1. The smallest absolute Gasteiger partial charge is 0.192 e. The Kier molecular flexibility index (Phi) is 7.97. The third-order valence-electron chi connectivity index (χ3n) is 4.62. The van der Waals surface area contributed by atoms with Gasteiger partial charge in [-0.15, -0.1) is 11.8 Å². The summed E-state index contributed by atoms with van der Waals surface area (Å²) in [7, 11) is 0. The molecule has 0 saturated carbocycles. The number of rotatable bonds is 8. The second-order valence-electron chi connectivity index (χ2n) is 6.34. The zero-order valence-electron chi connectivity index (χ0n) is 15.4. The summed E-state index contributed by atoms with van der Waals surface area (Å²) in [5, 5.41) is 4.08. The lowest BCUT2D eigenvalue weighted by atomic mass is 10.0. The fraction of sp³-hybridized carbons (Fsp3) is 0.500. The molecule has 0 saturated heterocycles.